The van der Waals surface area contributed by atoms with Gasteiger partial charge in [0.1, 0.15) is 10.6 Å². The molecule has 36 heavy (non-hydrogen) atoms. The van der Waals surface area contributed by atoms with Crippen LogP contribution < -0.4 is 4.90 Å². The molecule has 10 nitrogen and oxygen atoms in total. The molecule has 1 atom stereocenters. The molecule has 1 aliphatic heterocycles. The fourth-order valence-electron chi connectivity index (χ4n) is 3.80. The lowest BCUT2D eigenvalue weighted by atomic mass is 9.95. The molecule has 4 rings (SSSR count). The number of ketones is 1. The highest BCUT2D eigenvalue weighted by atomic mass is 32.1. The molecule has 3 heterocycles. The van der Waals surface area contributed by atoms with Crippen LogP contribution in [0, 0.1) is 6.92 Å². The molecule has 0 bridgehead atoms. The number of hydrogen-bond acceptors (Lipinski definition) is 10. The number of esters is 2. The van der Waals surface area contributed by atoms with Crippen LogP contribution in [0.15, 0.2) is 54.4 Å². The summed E-state index contributed by atoms with van der Waals surface area (Å²) in [6, 6.07) is 8.03. The van der Waals surface area contributed by atoms with E-state index in [0.717, 1.165) is 16.2 Å². The van der Waals surface area contributed by atoms with Crippen LogP contribution in [0.5, 0.6) is 0 Å². The lowest BCUT2D eigenvalue weighted by molar-refractivity contribution is -0.132. The van der Waals surface area contributed by atoms with E-state index in [9.17, 15) is 24.3 Å². The monoisotopic (exact) mass is 507 g/mol. The molecule has 11 heteroatoms. The first-order valence-electron chi connectivity index (χ1n) is 10.8. The Hall–Kier alpha value is -4.38. The van der Waals surface area contributed by atoms with Crippen molar-refractivity contribution in [2.24, 2.45) is 0 Å². The summed E-state index contributed by atoms with van der Waals surface area (Å²) in [5.41, 5.74) is 1.17. The number of carbonyl (C=O) groups is 4. The number of aryl methyl sites for hydroxylation is 1. The van der Waals surface area contributed by atoms with Gasteiger partial charge in [-0.3, -0.25) is 19.5 Å². The number of thiazole rings is 1. The van der Waals surface area contributed by atoms with E-state index >= 15 is 0 Å². The van der Waals surface area contributed by atoms with Crippen LogP contribution in [0.3, 0.4) is 0 Å². The summed E-state index contributed by atoms with van der Waals surface area (Å²) in [7, 11) is 1.26. The zero-order valence-corrected chi connectivity index (χ0v) is 20.4. The highest BCUT2D eigenvalue weighted by molar-refractivity contribution is 7.17. The van der Waals surface area contributed by atoms with Gasteiger partial charge in [0.25, 0.3) is 5.78 Å². The van der Waals surface area contributed by atoms with E-state index in [1.165, 1.54) is 43.8 Å². The Kier molecular flexibility index (Phi) is 6.93. The van der Waals surface area contributed by atoms with E-state index in [0.29, 0.717) is 16.8 Å². The summed E-state index contributed by atoms with van der Waals surface area (Å²) in [5.74, 6) is -3.37. The van der Waals surface area contributed by atoms with Gasteiger partial charge < -0.3 is 14.6 Å². The van der Waals surface area contributed by atoms with Crippen LogP contribution in [0.1, 0.15) is 49.8 Å². The average Bonchev–Trinajstić information content (AvgIpc) is 3.40. The molecule has 1 N–H and O–H groups in total. The zero-order chi connectivity index (χ0) is 26.0. The van der Waals surface area contributed by atoms with E-state index in [-0.39, 0.29) is 33.5 Å². The lowest BCUT2D eigenvalue weighted by Crippen LogP contribution is -2.29. The first-order valence-corrected chi connectivity index (χ1v) is 11.6. The van der Waals surface area contributed by atoms with Gasteiger partial charge in [0.05, 0.1) is 36.6 Å². The third-order valence-electron chi connectivity index (χ3n) is 5.50. The van der Waals surface area contributed by atoms with Crippen molar-refractivity contribution in [1.29, 1.82) is 0 Å². The van der Waals surface area contributed by atoms with Crippen LogP contribution in [0.2, 0.25) is 0 Å². The van der Waals surface area contributed by atoms with Gasteiger partial charge in [0.15, 0.2) is 5.13 Å². The van der Waals surface area contributed by atoms with Gasteiger partial charge in [0, 0.05) is 18.0 Å². The standard InChI is InChI=1S/C25H21N3O7S/c1-4-35-24(33)21-13(2)27-25(36-21)28-18(14-5-7-16(8-6-14)23(32)34-3)17(20(30)22(28)31)19(29)15-9-11-26-12-10-15/h5-12,18,29H,4H2,1-3H3/b19-17+. The number of anilines is 1. The summed E-state index contributed by atoms with van der Waals surface area (Å²) in [4.78, 5) is 60.4. The molecule has 184 valence electrons. The van der Waals surface area contributed by atoms with Gasteiger partial charge in [-0.25, -0.2) is 14.6 Å². The Morgan fingerprint density at radius 1 is 1.06 bits per heavy atom. The number of methoxy groups -OCH3 is 1. The summed E-state index contributed by atoms with van der Waals surface area (Å²) < 4.78 is 9.81. The normalized spacial score (nSPS) is 16.8. The first-order chi connectivity index (χ1) is 17.3. The van der Waals surface area contributed by atoms with Crippen molar-refractivity contribution in [2.45, 2.75) is 19.9 Å². The molecule has 1 unspecified atom stereocenters. The number of pyridine rings is 1. The van der Waals surface area contributed by atoms with Gasteiger partial charge in [-0.05, 0) is 43.7 Å². The zero-order valence-electron chi connectivity index (χ0n) is 19.5. The van der Waals surface area contributed by atoms with Crippen molar-refractivity contribution in [3.63, 3.8) is 0 Å². The largest absolute Gasteiger partial charge is 0.507 e. The highest BCUT2D eigenvalue weighted by Crippen LogP contribution is 2.44. The second-order valence-electron chi connectivity index (χ2n) is 7.65. The maximum absolute atomic E-state index is 13.3. The van der Waals surface area contributed by atoms with Gasteiger partial charge in [0.2, 0.25) is 0 Å². The molecule has 0 aliphatic carbocycles. The van der Waals surface area contributed by atoms with Gasteiger partial charge in [-0.2, -0.15) is 0 Å². The molecule has 0 saturated carbocycles. The summed E-state index contributed by atoms with van der Waals surface area (Å²) in [5, 5.41) is 11.2. The number of benzene rings is 1. The maximum atomic E-state index is 13.3. The molecule has 1 aliphatic rings. The molecule has 0 radical (unpaired) electrons. The fourth-order valence-corrected chi connectivity index (χ4v) is 4.79. The minimum Gasteiger partial charge on any atom is -0.507 e. The van der Waals surface area contributed by atoms with Crippen LogP contribution in [-0.2, 0) is 19.1 Å². The molecule has 1 aromatic carbocycles. The van der Waals surface area contributed by atoms with Crippen LogP contribution in [0.25, 0.3) is 5.76 Å². The topological polar surface area (TPSA) is 136 Å². The minimum atomic E-state index is -1.08. The molecule has 2 aromatic heterocycles. The van der Waals surface area contributed by atoms with Crippen molar-refractivity contribution >= 4 is 45.9 Å². The Balaban J connectivity index is 1.90. The fraction of sp³-hybridized carbons (Fsp3) is 0.200. The predicted molar refractivity (Wildman–Crippen MR) is 130 cm³/mol. The van der Waals surface area contributed by atoms with Crippen molar-refractivity contribution in [3.05, 3.63) is 81.6 Å². The Bertz CT molecular complexity index is 1380. The van der Waals surface area contributed by atoms with E-state index in [1.807, 2.05) is 0 Å². The Labute approximate surface area is 209 Å². The number of amides is 1. The lowest BCUT2D eigenvalue weighted by Gasteiger charge is -2.23. The van der Waals surface area contributed by atoms with Gasteiger partial charge in [-0.1, -0.05) is 23.5 Å². The van der Waals surface area contributed by atoms with E-state index in [2.05, 4.69) is 9.97 Å². The number of Topliss-reactive ketones (excluding diaryl/α,β-unsaturated/α-hetero) is 1. The van der Waals surface area contributed by atoms with E-state index in [4.69, 9.17) is 9.47 Å². The van der Waals surface area contributed by atoms with E-state index < -0.39 is 29.7 Å². The third-order valence-corrected chi connectivity index (χ3v) is 6.63. The number of hydrogen-bond donors (Lipinski definition) is 1. The predicted octanol–water partition coefficient (Wildman–Crippen LogP) is 3.44. The summed E-state index contributed by atoms with van der Waals surface area (Å²) in [6.45, 7) is 3.43. The maximum Gasteiger partial charge on any atom is 0.350 e. The third kappa shape index (κ3) is 4.36. The first kappa shape index (κ1) is 24.7. The molecule has 0 spiro atoms. The number of carbonyl (C=O) groups excluding carboxylic acids is 4. The number of aliphatic hydroxyl groups excluding tert-OH is 1. The summed E-state index contributed by atoms with van der Waals surface area (Å²) >= 11 is 0.909. The van der Waals surface area contributed by atoms with E-state index in [1.54, 1.807) is 26.0 Å². The average molecular weight is 508 g/mol. The van der Waals surface area contributed by atoms with Crippen LogP contribution in [-0.4, -0.2) is 52.4 Å². The number of aromatic nitrogens is 2. The molecular formula is C25H21N3O7S. The smallest absolute Gasteiger partial charge is 0.350 e. The minimum absolute atomic E-state index is 0.0912. The number of ether oxygens (including phenoxy) is 2. The van der Waals surface area contributed by atoms with Gasteiger partial charge in [-0.15, -0.1) is 0 Å². The van der Waals surface area contributed by atoms with Crippen molar-refractivity contribution in [1.82, 2.24) is 9.97 Å². The molecular weight excluding hydrogens is 486 g/mol. The highest BCUT2D eigenvalue weighted by Gasteiger charge is 2.48. The number of rotatable bonds is 6. The van der Waals surface area contributed by atoms with Crippen molar-refractivity contribution in [2.75, 3.05) is 18.6 Å². The molecule has 3 aromatic rings. The molecule has 1 fully saturated rings. The second-order valence-corrected chi connectivity index (χ2v) is 8.63. The SMILES string of the molecule is CCOC(=O)c1sc(N2C(=O)C(=O)/C(=C(/O)c3ccncc3)C2c2ccc(C(=O)OC)cc2)nc1C. The van der Waals surface area contributed by atoms with Gasteiger partial charge >= 0.3 is 17.8 Å². The van der Waals surface area contributed by atoms with Crippen LogP contribution in [0.4, 0.5) is 5.13 Å². The Morgan fingerprint density at radius 3 is 2.33 bits per heavy atom. The molecule has 1 saturated heterocycles. The second kappa shape index (κ2) is 10.1. The van der Waals surface area contributed by atoms with Crippen molar-refractivity contribution in [3.8, 4) is 0 Å². The molecule has 1 amide bonds. The van der Waals surface area contributed by atoms with Crippen molar-refractivity contribution < 1.29 is 33.8 Å². The number of aliphatic hydroxyl groups is 1. The quantitative estimate of drug-likeness (QED) is 0.230. The summed E-state index contributed by atoms with van der Waals surface area (Å²) in [6.07, 6.45) is 2.89. The Morgan fingerprint density at radius 2 is 1.72 bits per heavy atom. The number of nitrogens with zero attached hydrogens (tertiary/aromatic N) is 3. The van der Waals surface area contributed by atoms with Crippen LogP contribution >= 0.6 is 11.3 Å².